The van der Waals surface area contributed by atoms with Crippen LogP contribution in [0.4, 0.5) is 8.78 Å². The van der Waals surface area contributed by atoms with E-state index in [2.05, 4.69) is 0 Å². The predicted molar refractivity (Wildman–Crippen MR) is 133 cm³/mol. The number of carbonyl (C=O) groups is 1. The van der Waals surface area contributed by atoms with E-state index in [9.17, 15) is 22.0 Å². The zero-order chi connectivity index (χ0) is 26.0. The first kappa shape index (κ1) is 26.0. The third kappa shape index (κ3) is 4.95. The number of ether oxygens (including phenoxy) is 1. The first-order chi connectivity index (χ1) is 17.1. The summed E-state index contributed by atoms with van der Waals surface area (Å²) in [5, 5.41) is 0. The first-order valence-electron chi connectivity index (χ1n) is 12.0. The number of esters is 1. The SMILES string of the molecule is CCOC(=O)Cn1c(C)c(Cc2ccccc2S(=O)(=O)N2CCCC2)c(-c2ccc(F)cc2F)c1C. The maximum absolute atomic E-state index is 15.0. The van der Waals surface area contributed by atoms with Crippen molar-refractivity contribution in [3.8, 4) is 11.1 Å². The van der Waals surface area contributed by atoms with Gasteiger partial charge in [0.1, 0.15) is 18.2 Å². The minimum atomic E-state index is -3.69. The van der Waals surface area contributed by atoms with Crippen molar-refractivity contribution < 1.29 is 26.7 Å². The lowest BCUT2D eigenvalue weighted by atomic mass is 9.95. The van der Waals surface area contributed by atoms with Crippen molar-refractivity contribution in [3.05, 3.63) is 76.6 Å². The van der Waals surface area contributed by atoms with Crippen molar-refractivity contribution in [2.75, 3.05) is 19.7 Å². The highest BCUT2D eigenvalue weighted by Gasteiger charge is 2.30. The van der Waals surface area contributed by atoms with Crippen molar-refractivity contribution >= 4 is 16.0 Å². The van der Waals surface area contributed by atoms with Crippen LogP contribution in [0.25, 0.3) is 11.1 Å². The van der Waals surface area contributed by atoms with Crippen molar-refractivity contribution in [1.82, 2.24) is 8.87 Å². The maximum atomic E-state index is 15.0. The van der Waals surface area contributed by atoms with Crippen molar-refractivity contribution in [3.63, 3.8) is 0 Å². The minimum Gasteiger partial charge on any atom is -0.465 e. The molecule has 9 heteroatoms. The van der Waals surface area contributed by atoms with Gasteiger partial charge in [-0.15, -0.1) is 0 Å². The summed E-state index contributed by atoms with van der Waals surface area (Å²) in [7, 11) is -3.69. The third-order valence-electron chi connectivity index (χ3n) is 6.73. The first-order valence-corrected chi connectivity index (χ1v) is 13.5. The Morgan fingerprint density at radius 2 is 1.72 bits per heavy atom. The van der Waals surface area contributed by atoms with Crippen LogP contribution in [0.3, 0.4) is 0 Å². The molecular formula is C27H30F2N2O4S. The molecule has 0 amide bonds. The van der Waals surface area contributed by atoms with Gasteiger partial charge in [0.2, 0.25) is 10.0 Å². The predicted octanol–water partition coefficient (Wildman–Crippen LogP) is 4.99. The number of rotatable bonds is 8. The molecule has 4 rings (SSSR count). The van der Waals surface area contributed by atoms with E-state index in [-0.39, 0.29) is 30.0 Å². The Morgan fingerprint density at radius 1 is 1.03 bits per heavy atom. The summed E-state index contributed by atoms with van der Waals surface area (Å²) in [4.78, 5) is 12.5. The quantitative estimate of drug-likeness (QED) is 0.396. The Morgan fingerprint density at radius 3 is 2.39 bits per heavy atom. The molecule has 0 radical (unpaired) electrons. The van der Waals surface area contributed by atoms with Gasteiger partial charge in [-0.3, -0.25) is 4.79 Å². The van der Waals surface area contributed by atoms with Gasteiger partial charge in [-0.1, -0.05) is 18.2 Å². The Kier molecular flexibility index (Phi) is 7.61. The average molecular weight is 517 g/mol. The van der Waals surface area contributed by atoms with Gasteiger partial charge < -0.3 is 9.30 Å². The zero-order valence-corrected chi connectivity index (χ0v) is 21.5. The summed E-state index contributed by atoms with van der Waals surface area (Å²) in [6.45, 7) is 6.41. The van der Waals surface area contributed by atoms with Crippen LogP contribution >= 0.6 is 0 Å². The lowest BCUT2D eigenvalue weighted by molar-refractivity contribution is -0.143. The number of carbonyl (C=O) groups excluding carboxylic acids is 1. The second kappa shape index (κ2) is 10.5. The van der Waals surface area contributed by atoms with Gasteiger partial charge in [0.25, 0.3) is 0 Å². The van der Waals surface area contributed by atoms with E-state index in [1.165, 1.54) is 16.4 Å². The van der Waals surface area contributed by atoms with Crippen molar-refractivity contribution in [2.45, 2.75) is 51.5 Å². The minimum absolute atomic E-state index is 0.0744. The number of benzene rings is 2. The number of sulfonamides is 1. The topological polar surface area (TPSA) is 68.6 Å². The smallest absolute Gasteiger partial charge is 0.325 e. The zero-order valence-electron chi connectivity index (χ0n) is 20.7. The number of halogens is 2. The van der Waals surface area contributed by atoms with Crippen LogP contribution in [0.1, 0.15) is 42.3 Å². The number of aromatic nitrogens is 1. The Hall–Kier alpha value is -3.04. The highest BCUT2D eigenvalue weighted by atomic mass is 32.2. The molecular weight excluding hydrogens is 486 g/mol. The molecule has 3 aromatic rings. The molecule has 192 valence electrons. The second-order valence-corrected chi connectivity index (χ2v) is 10.8. The van der Waals surface area contributed by atoms with Gasteiger partial charge in [-0.05, 0) is 62.9 Å². The molecule has 0 bridgehead atoms. The lowest BCUT2D eigenvalue weighted by Gasteiger charge is -2.18. The van der Waals surface area contributed by atoms with Gasteiger partial charge in [0, 0.05) is 48.1 Å². The summed E-state index contributed by atoms with van der Waals surface area (Å²) < 4.78 is 63.9. The van der Waals surface area contributed by atoms with E-state index in [0.717, 1.165) is 18.9 Å². The molecule has 0 unspecified atom stereocenters. The van der Waals surface area contributed by atoms with Crippen LogP contribution in [0, 0.1) is 25.5 Å². The molecule has 0 saturated carbocycles. The molecule has 0 N–H and O–H groups in total. The summed E-state index contributed by atoms with van der Waals surface area (Å²) in [6.07, 6.45) is 1.84. The van der Waals surface area contributed by atoms with Crippen LogP contribution in [-0.4, -0.2) is 43.0 Å². The van der Waals surface area contributed by atoms with Crippen LogP contribution < -0.4 is 0 Å². The van der Waals surface area contributed by atoms with Crippen LogP contribution in [0.15, 0.2) is 47.4 Å². The summed E-state index contributed by atoms with van der Waals surface area (Å²) in [5.41, 5.74) is 3.25. The lowest BCUT2D eigenvalue weighted by Crippen LogP contribution is -2.28. The van der Waals surface area contributed by atoms with Crippen LogP contribution in [0.5, 0.6) is 0 Å². The maximum Gasteiger partial charge on any atom is 0.325 e. The van der Waals surface area contributed by atoms with E-state index in [1.807, 2.05) is 6.92 Å². The fourth-order valence-corrected chi connectivity index (χ4v) is 6.69. The molecule has 2 heterocycles. The van der Waals surface area contributed by atoms with Gasteiger partial charge >= 0.3 is 5.97 Å². The number of hydrogen-bond donors (Lipinski definition) is 0. The fraction of sp³-hybridized carbons (Fsp3) is 0.370. The van der Waals surface area contributed by atoms with Gasteiger partial charge in [0.15, 0.2) is 0 Å². The largest absolute Gasteiger partial charge is 0.465 e. The monoisotopic (exact) mass is 516 g/mol. The van der Waals surface area contributed by atoms with Crippen molar-refractivity contribution in [2.24, 2.45) is 0 Å². The van der Waals surface area contributed by atoms with E-state index in [0.29, 0.717) is 41.2 Å². The van der Waals surface area contributed by atoms with Gasteiger partial charge in [0.05, 0.1) is 11.5 Å². The Balaban J connectivity index is 1.87. The van der Waals surface area contributed by atoms with Gasteiger partial charge in [-0.2, -0.15) is 4.31 Å². The van der Waals surface area contributed by atoms with E-state index < -0.39 is 27.6 Å². The molecule has 1 aromatic heterocycles. The molecule has 1 aliphatic heterocycles. The number of nitrogens with zero attached hydrogens (tertiary/aromatic N) is 2. The molecule has 0 aliphatic carbocycles. The molecule has 6 nitrogen and oxygen atoms in total. The molecule has 1 fully saturated rings. The Bertz CT molecular complexity index is 1390. The van der Waals surface area contributed by atoms with Crippen LogP contribution in [0.2, 0.25) is 0 Å². The molecule has 0 spiro atoms. The standard InChI is InChI=1S/C27H30F2N2O4S/c1-4-35-26(32)17-31-18(2)23(27(19(31)3)22-12-11-21(28)16-24(22)29)15-20-9-5-6-10-25(20)36(33,34)30-13-7-8-14-30/h5-6,9-12,16H,4,7-8,13-15,17H2,1-3H3. The van der Waals surface area contributed by atoms with E-state index in [4.69, 9.17) is 4.74 Å². The second-order valence-electron chi connectivity index (χ2n) is 8.94. The van der Waals surface area contributed by atoms with Gasteiger partial charge in [-0.25, -0.2) is 17.2 Å². The third-order valence-corrected chi connectivity index (χ3v) is 8.72. The molecule has 1 aliphatic rings. The normalized spacial score (nSPS) is 14.4. The highest BCUT2D eigenvalue weighted by molar-refractivity contribution is 7.89. The highest BCUT2D eigenvalue weighted by Crippen LogP contribution is 2.37. The Labute approximate surface area is 210 Å². The van der Waals surface area contributed by atoms with E-state index in [1.54, 1.807) is 42.7 Å². The summed E-state index contributed by atoms with van der Waals surface area (Å²) in [5.74, 6) is -1.86. The summed E-state index contributed by atoms with van der Waals surface area (Å²) in [6, 6.07) is 10.2. The summed E-state index contributed by atoms with van der Waals surface area (Å²) >= 11 is 0. The molecule has 36 heavy (non-hydrogen) atoms. The van der Waals surface area contributed by atoms with Crippen molar-refractivity contribution in [1.29, 1.82) is 0 Å². The fourth-order valence-electron chi connectivity index (χ4n) is 4.95. The molecule has 0 atom stereocenters. The molecule has 1 saturated heterocycles. The van der Waals surface area contributed by atoms with Crippen LogP contribution in [-0.2, 0) is 32.5 Å². The number of hydrogen-bond acceptors (Lipinski definition) is 4. The average Bonchev–Trinajstić information content (AvgIpc) is 3.45. The molecule has 2 aromatic carbocycles. The van der Waals surface area contributed by atoms with E-state index >= 15 is 0 Å².